The van der Waals surface area contributed by atoms with Crippen LogP contribution in [0.4, 0.5) is 0 Å². The van der Waals surface area contributed by atoms with E-state index in [9.17, 15) is 9.90 Å². The number of carbonyl (C=O) groups is 1. The number of aliphatic hydroxyl groups is 2. The monoisotopic (exact) mass is 448 g/mol. The van der Waals surface area contributed by atoms with Crippen LogP contribution in [0.1, 0.15) is 51.4 Å². The number of rotatable bonds is 10. The van der Waals surface area contributed by atoms with Crippen LogP contribution >= 0.6 is 22.9 Å². The summed E-state index contributed by atoms with van der Waals surface area (Å²) in [5.74, 6) is -0.655. The van der Waals surface area contributed by atoms with E-state index in [0.29, 0.717) is 11.3 Å². The minimum absolute atomic E-state index is 0.0199. The number of carboxylic acid groups (broad SMARTS) is 1. The van der Waals surface area contributed by atoms with Gasteiger partial charge in [0.2, 0.25) is 0 Å². The summed E-state index contributed by atoms with van der Waals surface area (Å²) in [6, 6.07) is 11.8. The highest BCUT2D eigenvalue weighted by atomic mass is 35.5. The Balaban J connectivity index is 1.59. The van der Waals surface area contributed by atoms with Crippen LogP contribution < -0.4 is 0 Å². The van der Waals surface area contributed by atoms with Crippen molar-refractivity contribution in [3.8, 4) is 0 Å². The fourth-order valence-corrected chi connectivity index (χ4v) is 5.60. The molecule has 1 aromatic carbocycles. The summed E-state index contributed by atoms with van der Waals surface area (Å²) in [7, 11) is 0. The van der Waals surface area contributed by atoms with Crippen molar-refractivity contribution in [1.29, 1.82) is 0 Å². The molecule has 0 aliphatic heterocycles. The molecule has 1 heterocycles. The Labute approximate surface area is 186 Å². The lowest BCUT2D eigenvalue weighted by Crippen LogP contribution is -2.18. The average Bonchev–Trinajstić information content (AvgIpc) is 3.30. The summed E-state index contributed by atoms with van der Waals surface area (Å²) in [6.07, 6.45) is 8.57. The number of halogens is 1. The zero-order valence-corrected chi connectivity index (χ0v) is 18.5. The minimum atomic E-state index is -0.878. The lowest BCUT2D eigenvalue weighted by molar-refractivity contribution is 0.0702. The van der Waals surface area contributed by atoms with Crippen molar-refractivity contribution < 1.29 is 20.1 Å². The predicted octanol–water partition coefficient (Wildman–Crippen LogP) is 5.01. The van der Waals surface area contributed by atoms with Crippen molar-refractivity contribution in [2.24, 2.45) is 11.8 Å². The van der Waals surface area contributed by atoms with Crippen molar-refractivity contribution in [3.05, 3.63) is 63.4 Å². The molecule has 1 aromatic heterocycles. The van der Waals surface area contributed by atoms with E-state index in [1.165, 1.54) is 16.9 Å². The summed E-state index contributed by atoms with van der Waals surface area (Å²) in [4.78, 5) is 12.5. The van der Waals surface area contributed by atoms with E-state index < -0.39 is 12.1 Å². The van der Waals surface area contributed by atoms with Crippen molar-refractivity contribution in [2.75, 3.05) is 6.61 Å². The zero-order valence-electron chi connectivity index (χ0n) is 16.9. The van der Waals surface area contributed by atoms with Gasteiger partial charge in [-0.1, -0.05) is 36.4 Å². The number of carboxylic acids is 1. The molecule has 0 saturated heterocycles. The number of aliphatic hydroxyl groups excluding tert-OH is 2. The second-order valence-electron chi connectivity index (χ2n) is 7.95. The quantitative estimate of drug-likeness (QED) is 0.446. The number of aryl methyl sites for hydroxylation is 2. The van der Waals surface area contributed by atoms with Crippen LogP contribution in [-0.4, -0.2) is 39.4 Å². The van der Waals surface area contributed by atoms with E-state index >= 15 is 0 Å². The average molecular weight is 449 g/mol. The highest BCUT2D eigenvalue weighted by Crippen LogP contribution is 2.40. The third-order valence-electron chi connectivity index (χ3n) is 5.79. The molecule has 0 unspecified atom stereocenters. The van der Waals surface area contributed by atoms with Crippen LogP contribution in [0.2, 0.25) is 0 Å². The van der Waals surface area contributed by atoms with E-state index in [-0.39, 0.29) is 23.8 Å². The maximum atomic E-state index is 11.0. The van der Waals surface area contributed by atoms with Crippen molar-refractivity contribution in [3.63, 3.8) is 0 Å². The molecule has 162 valence electrons. The number of thiophene rings is 1. The number of benzene rings is 1. The number of hydrogen-bond donors (Lipinski definition) is 3. The van der Waals surface area contributed by atoms with Gasteiger partial charge in [0.1, 0.15) is 4.88 Å². The summed E-state index contributed by atoms with van der Waals surface area (Å²) in [5.41, 5.74) is 2.29. The van der Waals surface area contributed by atoms with E-state index in [1.807, 2.05) is 18.2 Å². The van der Waals surface area contributed by atoms with Crippen LogP contribution in [0, 0.1) is 11.8 Å². The van der Waals surface area contributed by atoms with E-state index in [1.54, 1.807) is 6.07 Å². The van der Waals surface area contributed by atoms with Gasteiger partial charge in [-0.2, -0.15) is 0 Å². The first kappa shape index (κ1) is 23.0. The third kappa shape index (κ3) is 6.17. The van der Waals surface area contributed by atoms with Gasteiger partial charge in [-0.15, -0.1) is 22.9 Å². The van der Waals surface area contributed by atoms with Gasteiger partial charge < -0.3 is 15.3 Å². The fourth-order valence-electron chi connectivity index (χ4n) is 4.23. The summed E-state index contributed by atoms with van der Waals surface area (Å²) in [6.45, 7) is 0.191. The second-order valence-corrected chi connectivity index (χ2v) is 9.68. The van der Waals surface area contributed by atoms with Gasteiger partial charge in [-0.05, 0) is 67.7 Å². The molecule has 0 bridgehead atoms. The largest absolute Gasteiger partial charge is 0.477 e. The number of aromatic carboxylic acids is 1. The normalized spacial score (nSPS) is 24.0. The van der Waals surface area contributed by atoms with E-state index in [4.69, 9.17) is 21.8 Å². The van der Waals surface area contributed by atoms with Gasteiger partial charge in [-0.25, -0.2) is 4.79 Å². The molecule has 0 radical (unpaired) electrons. The molecule has 0 spiro atoms. The van der Waals surface area contributed by atoms with Gasteiger partial charge in [0, 0.05) is 22.8 Å². The summed E-state index contributed by atoms with van der Waals surface area (Å²) >= 11 is 7.90. The van der Waals surface area contributed by atoms with Crippen LogP contribution in [-0.2, 0) is 12.8 Å². The number of hydrogen-bond acceptors (Lipinski definition) is 4. The number of alkyl halides is 1. The highest BCUT2D eigenvalue weighted by molar-refractivity contribution is 7.13. The molecule has 1 aliphatic carbocycles. The molecule has 4 nitrogen and oxygen atoms in total. The van der Waals surface area contributed by atoms with Gasteiger partial charge in [-0.3, -0.25) is 0 Å². The Hall–Kier alpha value is -1.66. The molecule has 3 N–H and O–H groups in total. The van der Waals surface area contributed by atoms with Crippen molar-refractivity contribution in [2.45, 2.75) is 50.0 Å². The molecule has 30 heavy (non-hydrogen) atoms. The van der Waals surface area contributed by atoms with Gasteiger partial charge in [0.15, 0.2) is 0 Å². The zero-order chi connectivity index (χ0) is 21.5. The Morgan fingerprint density at radius 2 is 2.03 bits per heavy atom. The van der Waals surface area contributed by atoms with E-state index in [0.717, 1.165) is 42.5 Å². The van der Waals surface area contributed by atoms with Crippen molar-refractivity contribution >= 4 is 35.0 Å². The van der Waals surface area contributed by atoms with Crippen LogP contribution in [0.5, 0.6) is 0 Å². The molecule has 1 aliphatic rings. The standard InChI is InChI=1S/C24H29ClO4S/c25-21-15-22(27)20(11-9-17-5-1-4-16(14-17)6-3-13-26)19(21)8-2-7-18-10-12-23(30-18)24(28)29/h1,4-5,9-12,14,19-22,26-27H,2-3,6-8,13,15H2,(H,28,29)/t19-,20-,21-,22-/m1/s1. The van der Waals surface area contributed by atoms with Gasteiger partial charge >= 0.3 is 5.97 Å². The molecule has 0 amide bonds. The maximum Gasteiger partial charge on any atom is 0.345 e. The molecule has 1 saturated carbocycles. The second kappa shape index (κ2) is 11.1. The Morgan fingerprint density at radius 3 is 2.77 bits per heavy atom. The lowest BCUT2D eigenvalue weighted by Gasteiger charge is -2.20. The first-order valence-corrected chi connectivity index (χ1v) is 11.8. The lowest BCUT2D eigenvalue weighted by atomic mass is 9.89. The van der Waals surface area contributed by atoms with Gasteiger partial charge in [0.25, 0.3) is 0 Å². The Bertz CT molecular complexity index is 862. The van der Waals surface area contributed by atoms with Crippen LogP contribution in [0.15, 0.2) is 42.5 Å². The maximum absolute atomic E-state index is 11.0. The SMILES string of the molecule is O=C(O)c1ccc(CCC[C@@H]2[C@@H](C=Cc3cccc(CCCO)c3)[C@H](O)C[C@H]2Cl)s1. The highest BCUT2D eigenvalue weighted by Gasteiger charge is 2.39. The first-order valence-electron chi connectivity index (χ1n) is 10.5. The minimum Gasteiger partial charge on any atom is -0.477 e. The Morgan fingerprint density at radius 1 is 1.20 bits per heavy atom. The topological polar surface area (TPSA) is 77.8 Å². The summed E-state index contributed by atoms with van der Waals surface area (Å²) < 4.78 is 0. The molecule has 6 heteroatoms. The molecular weight excluding hydrogens is 420 g/mol. The first-order chi connectivity index (χ1) is 14.5. The molecule has 1 fully saturated rings. The third-order valence-corrected chi connectivity index (χ3v) is 7.42. The molecule has 2 aromatic rings. The van der Waals surface area contributed by atoms with Gasteiger partial charge in [0.05, 0.1) is 6.10 Å². The van der Waals surface area contributed by atoms with Crippen molar-refractivity contribution in [1.82, 2.24) is 0 Å². The fraction of sp³-hybridized carbons (Fsp3) is 0.458. The smallest absolute Gasteiger partial charge is 0.345 e. The molecule has 4 atom stereocenters. The van der Waals surface area contributed by atoms with Crippen LogP contribution in [0.3, 0.4) is 0 Å². The van der Waals surface area contributed by atoms with E-state index in [2.05, 4.69) is 24.3 Å². The predicted molar refractivity (Wildman–Crippen MR) is 122 cm³/mol. The molecular formula is C24H29ClO4S. The summed E-state index contributed by atoms with van der Waals surface area (Å²) in [5, 5.41) is 28.6. The van der Waals surface area contributed by atoms with Crippen LogP contribution in [0.25, 0.3) is 6.08 Å². The Kier molecular flexibility index (Phi) is 8.51. The molecule has 3 rings (SSSR count).